The van der Waals surface area contributed by atoms with Gasteiger partial charge >= 0.3 is 0 Å². The molecular formula is C17H30N2S. The van der Waals surface area contributed by atoms with Gasteiger partial charge in [-0.2, -0.15) is 0 Å². The third-order valence-electron chi connectivity index (χ3n) is 4.96. The Hall–Kier alpha value is -0.380. The first-order valence-electron chi connectivity index (χ1n) is 8.08. The highest BCUT2D eigenvalue weighted by Crippen LogP contribution is 2.36. The zero-order valence-electron chi connectivity index (χ0n) is 13.4. The first kappa shape index (κ1) is 16.0. The first-order valence-corrected chi connectivity index (χ1v) is 8.90. The van der Waals surface area contributed by atoms with Crippen LogP contribution < -0.4 is 5.73 Å². The van der Waals surface area contributed by atoms with Crippen LogP contribution in [0, 0.1) is 12.8 Å². The minimum atomic E-state index is 0.229. The summed E-state index contributed by atoms with van der Waals surface area (Å²) in [7, 11) is 2.29. The Bertz CT molecular complexity index is 415. The van der Waals surface area contributed by atoms with Gasteiger partial charge < -0.3 is 5.73 Å². The summed E-state index contributed by atoms with van der Waals surface area (Å²) in [5.74, 6) is 0.793. The molecule has 1 aromatic rings. The molecule has 0 aliphatic heterocycles. The summed E-state index contributed by atoms with van der Waals surface area (Å²) < 4.78 is 0. The number of nitrogens with zero attached hydrogens (tertiary/aromatic N) is 1. The molecule has 0 saturated heterocycles. The van der Waals surface area contributed by atoms with Crippen LogP contribution in [-0.2, 0) is 0 Å². The van der Waals surface area contributed by atoms with Crippen LogP contribution in [0.3, 0.4) is 0 Å². The molecule has 2 N–H and O–H groups in total. The van der Waals surface area contributed by atoms with Gasteiger partial charge in [0.2, 0.25) is 0 Å². The monoisotopic (exact) mass is 294 g/mol. The minimum absolute atomic E-state index is 0.229. The van der Waals surface area contributed by atoms with Crippen LogP contribution in [0.4, 0.5) is 0 Å². The van der Waals surface area contributed by atoms with Crippen LogP contribution in [0.1, 0.15) is 61.7 Å². The predicted octanol–water partition coefficient (Wildman–Crippen LogP) is 4.35. The van der Waals surface area contributed by atoms with Crippen LogP contribution in [0.2, 0.25) is 0 Å². The molecule has 20 heavy (non-hydrogen) atoms. The van der Waals surface area contributed by atoms with Crippen molar-refractivity contribution in [2.45, 2.75) is 71.0 Å². The molecule has 1 aliphatic carbocycles. The van der Waals surface area contributed by atoms with E-state index in [1.165, 1.54) is 35.4 Å². The molecule has 0 amide bonds. The van der Waals surface area contributed by atoms with Crippen molar-refractivity contribution < 1.29 is 0 Å². The summed E-state index contributed by atoms with van der Waals surface area (Å²) >= 11 is 1.91. The summed E-state index contributed by atoms with van der Waals surface area (Å²) in [6.45, 7) is 6.80. The van der Waals surface area contributed by atoms with E-state index in [2.05, 4.69) is 44.9 Å². The molecule has 1 aliphatic rings. The van der Waals surface area contributed by atoms with Gasteiger partial charge in [-0.25, -0.2) is 0 Å². The molecule has 4 atom stereocenters. The number of nitrogens with two attached hydrogens (primary N) is 1. The number of hydrogen-bond donors (Lipinski definition) is 1. The molecule has 0 aromatic carbocycles. The molecule has 1 saturated carbocycles. The lowest BCUT2D eigenvalue weighted by molar-refractivity contribution is 0.0840. The van der Waals surface area contributed by atoms with Gasteiger partial charge in [0.25, 0.3) is 0 Å². The fraction of sp³-hybridized carbons (Fsp3) is 0.765. The van der Waals surface area contributed by atoms with Crippen LogP contribution in [-0.4, -0.2) is 24.0 Å². The molecule has 2 nitrogen and oxygen atoms in total. The standard InChI is InChI=1S/C17H30N2S/c1-5-14(18)17(16-11-10-13(3)20-16)19(4)15-9-7-6-8-12(15)2/h10-12,14-15,17H,5-9,18H2,1-4H3. The van der Waals surface area contributed by atoms with E-state index in [1.807, 2.05) is 11.3 Å². The Morgan fingerprint density at radius 3 is 2.60 bits per heavy atom. The van der Waals surface area contributed by atoms with E-state index in [-0.39, 0.29) is 6.04 Å². The summed E-state index contributed by atoms with van der Waals surface area (Å²) in [4.78, 5) is 5.42. The molecule has 114 valence electrons. The van der Waals surface area contributed by atoms with Crippen molar-refractivity contribution in [2.24, 2.45) is 11.7 Å². The molecule has 3 heteroatoms. The van der Waals surface area contributed by atoms with Gasteiger partial charge in [-0.3, -0.25) is 4.90 Å². The van der Waals surface area contributed by atoms with E-state index in [0.717, 1.165) is 12.3 Å². The third kappa shape index (κ3) is 3.44. The van der Waals surface area contributed by atoms with Crippen molar-refractivity contribution in [2.75, 3.05) is 7.05 Å². The third-order valence-corrected chi connectivity index (χ3v) is 6.03. The summed E-state index contributed by atoms with van der Waals surface area (Å²) in [6, 6.07) is 5.81. The first-order chi connectivity index (χ1) is 9.54. The fourth-order valence-electron chi connectivity index (χ4n) is 3.66. The van der Waals surface area contributed by atoms with E-state index >= 15 is 0 Å². The van der Waals surface area contributed by atoms with Crippen LogP contribution in [0.5, 0.6) is 0 Å². The molecular weight excluding hydrogens is 264 g/mol. The van der Waals surface area contributed by atoms with Gasteiger partial charge in [0.15, 0.2) is 0 Å². The van der Waals surface area contributed by atoms with E-state index in [0.29, 0.717) is 12.1 Å². The number of rotatable bonds is 5. The number of thiophene rings is 1. The molecule has 0 spiro atoms. The Morgan fingerprint density at radius 1 is 1.35 bits per heavy atom. The highest BCUT2D eigenvalue weighted by Gasteiger charge is 2.33. The molecule has 1 heterocycles. The van der Waals surface area contributed by atoms with Crippen molar-refractivity contribution in [1.29, 1.82) is 0 Å². The molecule has 1 fully saturated rings. The second-order valence-corrected chi connectivity index (χ2v) is 7.78. The van der Waals surface area contributed by atoms with Crippen molar-refractivity contribution >= 4 is 11.3 Å². The van der Waals surface area contributed by atoms with Crippen molar-refractivity contribution in [3.8, 4) is 0 Å². The van der Waals surface area contributed by atoms with Crippen LogP contribution >= 0.6 is 11.3 Å². The lowest BCUT2D eigenvalue weighted by Gasteiger charge is -2.42. The highest BCUT2D eigenvalue weighted by molar-refractivity contribution is 7.12. The maximum absolute atomic E-state index is 6.48. The second-order valence-electron chi connectivity index (χ2n) is 6.46. The van der Waals surface area contributed by atoms with Crippen molar-refractivity contribution in [1.82, 2.24) is 4.90 Å². The Labute approximate surface area is 128 Å². The normalized spacial score (nSPS) is 26.7. The summed E-state index contributed by atoms with van der Waals surface area (Å²) in [5, 5.41) is 0. The Kier molecular flexibility index (Phi) is 5.65. The average Bonchev–Trinajstić information content (AvgIpc) is 2.85. The zero-order chi connectivity index (χ0) is 14.7. The lowest BCUT2D eigenvalue weighted by atomic mass is 9.83. The number of aryl methyl sites for hydroxylation is 1. The molecule has 2 rings (SSSR count). The maximum Gasteiger partial charge on any atom is 0.0593 e. The van der Waals surface area contributed by atoms with E-state index in [9.17, 15) is 0 Å². The van der Waals surface area contributed by atoms with Gasteiger partial charge in [-0.1, -0.05) is 26.7 Å². The van der Waals surface area contributed by atoms with Gasteiger partial charge in [-0.05, 0) is 51.3 Å². The molecule has 4 unspecified atom stereocenters. The van der Waals surface area contributed by atoms with E-state index < -0.39 is 0 Å². The topological polar surface area (TPSA) is 29.3 Å². The van der Waals surface area contributed by atoms with E-state index in [4.69, 9.17) is 5.73 Å². The van der Waals surface area contributed by atoms with E-state index in [1.54, 1.807) is 0 Å². The van der Waals surface area contributed by atoms with Crippen LogP contribution in [0.25, 0.3) is 0 Å². The highest BCUT2D eigenvalue weighted by atomic mass is 32.1. The summed E-state index contributed by atoms with van der Waals surface area (Å²) in [6.07, 6.45) is 6.50. The lowest BCUT2D eigenvalue weighted by Crippen LogP contribution is -2.47. The van der Waals surface area contributed by atoms with Crippen molar-refractivity contribution in [3.63, 3.8) is 0 Å². The quantitative estimate of drug-likeness (QED) is 0.875. The molecule has 0 radical (unpaired) electrons. The maximum atomic E-state index is 6.48. The largest absolute Gasteiger partial charge is 0.326 e. The predicted molar refractivity (Wildman–Crippen MR) is 89.2 cm³/mol. The van der Waals surface area contributed by atoms with Gasteiger partial charge in [0.1, 0.15) is 0 Å². The minimum Gasteiger partial charge on any atom is -0.326 e. The number of hydrogen-bond acceptors (Lipinski definition) is 3. The SMILES string of the molecule is CCC(N)C(c1ccc(C)s1)N(C)C1CCCCC1C. The second kappa shape index (κ2) is 7.06. The van der Waals surface area contributed by atoms with Crippen molar-refractivity contribution in [3.05, 3.63) is 21.9 Å². The Balaban J connectivity index is 2.21. The fourth-order valence-corrected chi connectivity index (χ4v) is 4.76. The van der Waals surface area contributed by atoms with Crippen LogP contribution in [0.15, 0.2) is 12.1 Å². The van der Waals surface area contributed by atoms with Gasteiger partial charge in [-0.15, -0.1) is 11.3 Å². The summed E-state index contributed by atoms with van der Waals surface area (Å²) in [5.41, 5.74) is 6.48. The van der Waals surface area contributed by atoms with Gasteiger partial charge in [0, 0.05) is 21.8 Å². The molecule has 1 aromatic heterocycles. The smallest absolute Gasteiger partial charge is 0.0593 e. The average molecular weight is 295 g/mol. The Morgan fingerprint density at radius 2 is 2.05 bits per heavy atom. The molecule has 0 bridgehead atoms. The zero-order valence-corrected chi connectivity index (χ0v) is 14.2. The number of likely N-dealkylation sites (N-methyl/N-ethyl adjacent to an activating group) is 1. The van der Waals surface area contributed by atoms with Gasteiger partial charge in [0.05, 0.1) is 6.04 Å².